The molecule has 0 radical (unpaired) electrons. The second-order valence-electron chi connectivity index (χ2n) is 4.39. The van der Waals surface area contributed by atoms with Crippen molar-refractivity contribution in [1.82, 2.24) is 20.2 Å². The lowest BCUT2D eigenvalue weighted by atomic mass is 10.1. The first-order valence-electron chi connectivity index (χ1n) is 6.22. The van der Waals surface area contributed by atoms with Gasteiger partial charge in [-0.2, -0.15) is 0 Å². The van der Waals surface area contributed by atoms with Crippen LogP contribution in [0.3, 0.4) is 0 Å². The highest BCUT2D eigenvalue weighted by Crippen LogP contribution is 2.10. The van der Waals surface area contributed by atoms with Gasteiger partial charge in [-0.1, -0.05) is 30.3 Å². The second-order valence-corrected chi connectivity index (χ2v) is 4.39. The Morgan fingerprint density at radius 1 is 1.32 bits per heavy atom. The van der Waals surface area contributed by atoms with Crippen LogP contribution in [0.25, 0.3) is 0 Å². The average molecular weight is 260 g/mol. The summed E-state index contributed by atoms with van der Waals surface area (Å²) in [6.45, 7) is 1.57. The molecular formula is C13H16N4O2. The van der Waals surface area contributed by atoms with Crippen molar-refractivity contribution in [1.29, 1.82) is 0 Å². The van der Waals surface area contributed by atoms with Crippen LogP contribution in [-0.2, 0) is 17.6 Å². The van der Waals surface area contributed by atoms with Crippen molar-refractivity contribution in [2.75, 3.05) is 0 Å². The Labute approximate surface area is 111 Å². The van der Waals surface area contributed by atoms with E-state index in [1.165, 1.54) is 10.2 Å². The largest absolute Gasteiger partial charge is 0.480 e. The Balaban J connectivity index is 1.93. The van der Waals surface area contributed by atoms with E-state index in [0.29, 0.717) is 12.2 Å². The minimum absolute atomic E-state index is 0.617. The molecule has 2 aromatic rings. The molecule has 0 saturated carbocycles. The topological polar surface area (TPSA) is 80.9 Å². The zero-order chi connectivity index (χ0) is 13.7. The van der Waals surface area contributed by atoms with Crippen LogP contribution in [0.15, 0.2) is 30.3 Å². The third-order valence-corrected chi connectivity index (χ3v) is 2.99. The van der Waals surface area contributed by atoms with Gasteiger partial charge >= 0.3 is 5.97 Å². The number of carboxylic acids is 1. The summed E-state index contributed by atoms with van der Waals surface area (Å²) in [5.74, 6) is -0.317. The maximum absolute atomic E-state index is 10.9. The van der Waals surface area contributed by atoms with Crippen molar-refractivity contribution in [2.24, 2.45) is 0 Å². The van der Waals surface area contributed by atoms with E-state index in [0.717, 1.165) is 12.8 Å². The molecule has 0 saturated heterocycles. The summed E-state index contributed by atoms with van der Waals surface area (Å²) in [4.78, 5) is 10.9. The van der Waals surface area contributed by atoms with Gasteiger partial charge in [0.25, 0.3) is 0 Å². The molecule has 1 aromatic carbocycles. The Morgan fingerprint density at radius 2 is 2.05 bits per heavy atom. The predicted molar refractivity (Wildman–Crippen MR) is 68.6 cm³/mol. The van der Waals surface area contributed by atoms with Gasteiger partial charge < -0.3 is 5.11 Å². The monoisotopic (exact) mass is 260 g/mol. The molecule has 0 aliphatic carbocycles. The second kappa shape index (κ2) is 6.08. The first kappa shape index (κ1) is 13.2. The number of hydrogen-bond acceptors (Lipinski definition) is 4. The highest BCUT2D eigenvalue weighted by Gasteiger charge is 2.18. The van der Waals surface area contributed by atoms with Crippen LogP contribution in [0.2, 0.25) is 0 Å². The molecule has 6 heteroatoms. The fourth-order valence-corrected chi connectivity index (χ4v) is 1.88. The zero-order valence-electron chi connectivity index (χ0n) is 10.7. The lowest BCUT2D eigenvalue weighted by molar-refractivity contribution is -0.140. The Hall–Kier alpha value is -2.24. The quantitative estimate of drug-likeness (QED) is 0.851. The van der Waals surface area contributed by atoms with Crippen molar-refractivity contribution >= 4 is 5.97 Å². The van der Waals surface area contributed by atoms with Gasteiger partial charge in [-0.05, 0) is 35.8 Å². The molecule has 1 unspecified atom stereocenters. The maximum Gasteiger partial charge on any atom is 0.328 e. The van der Waals surface area contributed by atoms with Crippen LogP contribution >= 0.6 is 0 Å². The Morgan fingerprint density at radius 3 is 2.74 bits per heavy atom. The number of carbonyl (C=O) groups is 1. The van der Waals surface area contributed by atoms with Crippen molar-refractivity contribution in [2.45, 2.75) is 32.2 Å². The molecule has 0 aliphatic heterocycles. The number of benzene rings is 1. The van der Waals surface area contributed by atoms with E-state index in [4.69, 9.17) is 5.11 Å². The molecule has 1 heterocycles. The van der Waals surface area contributed by atoms with E-state index in [2.05, 4.69) is 27.7 Å². The van der Waals surface area contributed by atoms with Crippen LogP contribution in [0.1, 0.15) is 30.8 Å². The molecule has 6 nitrogen and oxygen atoms in total. The summed E-state index contributed by atoms with van der Waals surface area (Å²) in [5.41, 5.74) is 1.26. The van der Waals surface area contributed by atoms with E-state index < -0.39 is 12.0 Å². The molecule has 1 atom stereocenters. The fourth-order valence-electron chi connectivity index (χ4n) is 1.88. The molecule has 2 rings (SSSR count). The number of nitrogens with zero attached hydrogens (tertiary/aromatic N) is 4. The number of aromatic nitrogens is 4. The lowest BCUT2D eigenvalue weighted by Crippen LogP contribution is -2.19. The van der Waals surface area contributed by atoms with E-state index >= 15 is 0 Å². The maximum atomic E-state index is 10.9. The van der Waals surface area contributed by atoms with Gasteiger partial charge in [-0.25, -0.2) is 9.48 Å². The third kappa shape index (κ3) is 3.37. The predicted octanol–water partition coefficient (Wildman–Crippen LogP) is 1.49. The first-order chi connectivity index (χ1) is 9.18. The van der Waals surface area contributed by atoms with E-state index in [-0.39, 0.29) is 0 Å². The minimum atomic E-state index is -0.934. The summed E-state index contributed by atoms with van der Waals surface area (Å²) in [7, 11) is 0. The molecule has 1 aromatic heterocycles. The van der Waals surface area contributed by atoms with Crippen molar-refractivity contribution in [3.8, 4) is 0 Å². The van der Waals surface area contributed by atoms with Crippen molar-refractivity contribution in [3.63, 3.8) is 0 Å². The zero-order valence-corrected chi connectivity index (χ0v) is 10.7. The van der Waals surface area contributed by atoms with Crippen LogP contribution in [-0.4, -0.2) is 31.3 Å². The fraction of sp³-hybridized carbons (Fsp3) is 0.385. The lowest BCUT2D eigenvalue weighted by Gasteiger charge is -2.08. The molecule has 100 valence electrons. The van der Waals surface area contributed by atoms with Gasteiger partial charge in [0, 0.05) is 6.42 Å². The molecule has 19 heavy (non-hydrogen) atoms. The summed E-state index contributed by atoms with van der Waals surface area (Å²) < 4.78 is 1.37. The van der Waals surface area contributed by atoms with E-state index in [9.17, 15) is 4.79 Å². The molecule has 0 aliphatic rings. The number of carboxylic acid groups (broad SMARTS) is 1. The normalized spacial score (nSPS) is 12.3. The van der Waals surface area contributed by atoms with Crippen LogP contribution < -0.4 is 0 Å². The molecule has 0 spiro atoms. The molecule has 1 N–H and O–H groups in total. The van der Waals surface area contributed by atoms with Gasteiger partial charge in [0.1, 0.15) is 6.04 Å². The van der Waals surface area contributed by atoms with Gasteiger partial charge in [0.2, 0.25) is 0 Å². The number of hydrogen-bond donors (Lipinski definition) is 1. The van der Waals surface area contributed by atoms with Crippen LogP contribution in [0.4, 0.5) is 0 Å². The van der Waals surface area contributed by atoms with Crippen LogP contribution in [0, 0.1) is 0 Å². The van der Waals surface area contributed by atoms with Gasteiger partial charge in [0.05, 0.1) is 0 Å². The summed E-state index contributed by atoms with van der Waals surface area (Å²) in [5, 5.41) is 20.1. The molecule has 0 amide bonds. The smallest absolute Gasteiger partial charge is 0.328 e. The average Bonchev–Trinajstić information content (AvgIpc) is 2.87. The van der Waals surface area contributed by atoms with Gasteiger partial charge in [-0.15, -0.1) is 5.10 Å². The van der Waals surface area contributed by atoms with E-state index in [1.807, 2.05) is 18.2 Å². The number of rotatable bonds is 6. The Kier molecular flexibility index (Phi) is 4.22. The third-order valence-electron chi connectivity index (χ3n) is 2.99. The number of tetrazole rings is 1. The highest BCUT2D eigenvalue weighted by molar-refractivity contribution is 5.71. The van der Waals surface area contributed by atoms with E-state index in [1.54, 1.807) is 6.92 Å². The minimum Gasteiger partial charge on any atom is -0.480 e. The summed E-state index contributed by atoms with van der Waals surface area (Å²) in [6, 6.07) is 9.41. The summed E-state index contributed by atoms with van der Waals surface area (Å²) in [6.07, 6.45) is 2.48. The van der Waals surface area contributed by atoms with Crippen LogP contribution in [0.5, 0.6) is 0 Å². The molecule has 0 fully saturated rings. The number of aryl methyl sites for hydroxylation is 2. The molecular weight excluding hydrogens is 244 g/mol. The number of aliphatic carboxylic acids is 1. The van der Waals surface area contributed by atoms with Crippen molar-refractivity contribution in [3.05, 3.63) is 41.7 Å². The SMILES string of the molecule is CC(C(=O)O)n1nnnc1CCCc1ccccc1. The summed E-state index contributed by atoms with van der Waals surface area (Å²) >= 11 is 0. The van der Waals surface area contributed by atoms with Crippen molar-refractivity contribution < 1.29 is 9.90 Å². The Bertz CT molecular complexity index is 539. The first-order valence-corrected chi connectivity index (χ1v) is 6.22. The molecule has 0 bridgehead atoms. The highest BCUT2D eigenvalue weighted by atomic mass is 16.4. The standard InChI is InChI=1S/C13H16N4O2/c1-10(13(18)19)17-12(14-15-16-17)9-5-8-11-6-3-2-4-7-11/h2-4,6-7,10H,5,8-9H2,1H3,(H,18,19). The van der Waals surface area contributed by atoms with Gasteiger partial charge in [-0.3, -0.25) is 0 Å². The van der Waals surface area contributed by atoms with Gasteiger partial charge in [0.15, 0.2) is 5.82 Å².